The van der Waals surface area contributed by atoms with Gasteiger partial charge in [0.15, 0.2) is 5.78 Å². The van der Waals surface area contributed by atoms with E-state index in [-0.39, 0.29) is 41.0 Å². The van der Waals surface area contributed by atoms with Crippen LogP contribution in [0.1, 0.15) is 68.0 Å². The summed E-state index contributed by atoms with van der Waals surface area (Å²) < 4.78 is 27.1. The highest BCUT2D eigenvalue weighted by Crippen LogP contribution is 2.24. The summed E-state index contributed by atoms with van der Waals surface area (Å²) in [6.45, 7) is 3.53. The van der Waals surface area contributed by atoms with E-state index in [4.69, 9.17) is 4.74 Å². The van der Waals surface area contributed by atoms with E-state index in [1.165, 1.54) is 11.8 Å². The maximum absolute atomic E-state index is 13.1. The molecule has 2 fully saturated rings. The molecular weight excluding hydrogens is 580 g/mol. The third kappa shape index (κ3) is 8.09. The number of ketones is 1. The lowest BCUT2D eigenvalue weighted by atomic mass is 9.88. The number of nitrogens with one attached hydrogen (secondary N) is 1. The largest absolute Gasteiger partial charge is 0.497 e. The minimum atomic E-state index is -2.51. The lowest BCUT2D eigenvalue weighted by molar-refractivity contribution is 0.0649. The van der Waals surface area contributed by atoms with Crippen molar-refractivity contribution in [3.05, 3.63) is 94.8 Å². The number of benzene rings is 2. The van der Waals surface area contributed by atoms with Gasteiger partial charge in [-0.15, -0.1) is 0 Å². The Balaban J connectivity index is 1.06. The van der Waals surface area contributed by atoms with Crippen LogP contribution in [-0.2, 0) is 23.0 Å². The zero-order valence-electron chi connectivity index (χ0n) is 24.8. The number of hydrogen-bond acceptors (Lipinski definition) is 8. The molecule has 44 heavy (non-hydrogen) atoms. The molecule has 0 aliphatic carbocycles. The topological polar surface area (TPSA) is 126 Å². The van der Waals surface area contributed by atoms with Crippen molar-refractivity contribution in [1.82, 2.24) is 20.1 Å². The average molecular weight is 619 g/mol. The van der Waals surface area contributed by atoms with Gasteiger partial charge in [-0.25, -0.2) is 8.42 Å². The Morgan fingerprint density at radius 1 is 0.841 bits per heavy atom. The standard InChI is InChI=1S/C33H38N4O6S/c1-43-29-9-4-23(5-10-29)21-36-16-14-28(15-17-36)35-32(39)30-11-8-27(20-34-30)33(40)37-18-12-26(13-19-37)31(38)25-6-2-24(3-7-25)22-44(41)42/h2-11,20,26,28,44H,12-19,21-22H2,1H3,(H,35,39). The van der Waals surface area contributed by atoms with Gasteiger partial charge < -0.3 is 15.0 Å². The predicted octanol–water partition coefficient (Wildman–Crippen LogP) is 3.33. The number of likely N-dealkylation sites (tertiary alicyclic amines) is 2. The molecule has 2 amide bonds. The number of carbonyl (C=O) groups excluding carboxylic acids is 3. The minimum absolute atomic E-state index is 0.00936. The number of aromatic nitrogens is 1. The summed E-state index contributed by atoms with van der Waals surface area (Å²) in [6.07, 6.45) is 4.25. The summed E-state index contributed by atoms with van der Waals surface area (Å²) >= 11 is 0. The molecule has 0 unspecified atom stereocenters. The van der Waals surface area contributed by atoms with E-state index in [1.54, 1.807) is 48.4 Å². The van der Waals surface area contributed by atoms with Crippen molar-refractivity contribution in [1.29, 1.82) is 0 Å². The molecule has 232 valence electrons. The molecule has 0 atom stereocenters. The number of amides is 2. The van der Waals surface area contributed by atoms with Gasteiger partial charge in [0.2, 0.25) is 0 Å². The first-order chi connectivity index (χ1) is 21.3. The Morgan fingerprint density at radius 2 is 1.48 bits per heavy atom. The molecule has 3 aromatic rings. The summed E-state index contributed by atoms with van der Waals surface area (Å²) in [5.74, 6) is 0.198. The number of Topliss-reactive ketones (excluding diaryl/α,β-unsaturated/α-hetero) is 1. The van der Waals surface area contributed by atoms with Gasteiger partial charge >= 0.3 is 0 Å². The number of piperidine rings is 2. The molecule has 0 radical (unpaired) electrons. The first kappa shape index (κ1) is 31.3. The Hall–Kier alpha value is -4.09. The van der Waals surface area contributed by atoms with E-state index >= 15 is 0 Å². The summed E-state index contributed by atoms with van der Waals surface area (Å²) in [4.78, 5) is 47.3. The lowest BCUT2D eigenvalue weighted by Crippen LogP contribution is -2.44. The smallest absolute Gasteiger partial charge is 0.270 e. The first-order valence-corrected chi connectivity index (χ1v) is 16.3. The van der Waals surface area contributed by atoms with E-state index in [9.17, 15) is 22.8 Å². The molecule has 1 N–H and O–H groups in total. The van der Waals surface area contributed by atoms with E-state index in [1.807, 2.05) is 12.1 Å². The van der Waals surface area contributed by atoms with Crippen LogP contribution in [0.5, 0.6) is 5.75 Å². The van der Waals surface area contributed by atoms with Gasteiger partial charge in [0.25, 0.3) is 11.8 Å². The van der Waals surface area contributed by atoms with Crippen molar-refractivity contribution in [3.8, 4) is 5.75 Å². The number of hydrogen-bond donors (Lipinski definition) is 2. The number of nitrogens with zero attached hydrogens (tertiary/aromatic N) is 3. The van der Waals surface area contributed by atoms with Crippen molar-refractivity contribution in [3.63, 3.8) is 0 Å². The van der Waals surface area contributed by atoms with Gasteiger partial charge in [-0.1, -0.05) is 36.4 Å². The Kier molecular flexibility index (Phi) is 10.4. The Labute approximate surface area is 259 Å². The van der Waals surface area contributed by atoms with E-state index in [2.05, 4.69) is 27.3 Å². The molecule has 1 aromatic heterocycles. The van der Waals surface area contributed by atoms with Crippen LogP contribution in [0.15, 0.2) is 66.9 Å². The third-order valence-corrected chi connectivity index (χ3v) is 9.06. The van der Waals surface area contributed by atoms with Crippen LogP contribution in [0, 0.1) is 5.92 Å². The van der Waals surface area contributed by atoms with Crippen LogP contribution >= 0.6 is 0 Å². The molecule has 0 spiro atoms. The van der Waals surface area contributed by atoms with Gasteiger partial charge in [0.05, 0.1) is 18.4 Å². The molecule has 2 saturated heterocycles. The molecule has 5 rings (SSSR count). The van der Waals surface area contributed by atoms with Crippen molar-refractivity contribution in [2.75, 3.05) is 33.3 Å². The van der Waals surface area contributed by atoms with Crippen molar-refractivity contribution >= 4 is 28.3 Å². The number of ether oxygens (including phenoxy) is 1. The zero-order valence-corrected chi connectivity index (χ0v) is 25.7. The molecule has 10 nitrogen and oxygen atoms in total. The average Bonchev–Trinajstić information content (AvgIpc) is 3.05. The van der Waals surface area contributed by atoms with Gasteiger partial charge in [0, 0.05) is 56.4 Å². The predicted molar refractivity (Wildman–Crippen MR) is 166 cm³/mol. The van der Waals surface area contributed by atoms with Gasteiger partial charge in [0.1, 0.15) is 22.1 Å². The number of carbonyl (C=O) groups is 3. The fourth-order valence-electron chi connectivity index (χ4n) is 5.83. The normalized spacial score (nSPS) is 16.5. The second-order valence-corrected chi connectivity index (χ2v) is 12.4. The highest BCUT2D eigenvalue weighted by molar-refractivity contribution is 7.71. The summed E-state index contributed by atoms with van der Waals surface area (Å²) in [5.41, 5.74) is 3.12. The monoisotopic (exact) mass is 618 g/mol. The second kappa shape index (κ2) is 14.6. The van der Waals surface area contributed by atoms with E-state index in [0.717, 1.165) is 38.2 Å². The van der Waals surface area contributed by atoms with Gasteiger partial charge in [-0.3, -0.25) is 24.3 Å². The van der Waals surface area contributed by atoms with Crippen LogP contribution in [0.2, 0.25) is 0 Å². The van der Waals surface area contributed by atoms with E-state index < -0.39 is 10.7 Å². The molecule has 0 saturated carbocycles. The first-order valence-electron chi connectivity index (χ1n) is 15.0. The number of methoxy groups -OCH3 is 1. The second-order valence-electron chi connectivity index (χ2n) is 11.4. The quantitative estimate of drug-likeness (QED) is 0.262. The molecule has 2 aliphatic heterocycles. The van der Waals surface area contributed by atoms with Gasteiger partial charge in [-0.05, 0) is 61.1 Å². The Morgan fingerprint density at radius 3 is 2.07 bits per heavy atom. The molecule has 2 aromatic carbocycles. The Bertz CT molecular complexity index is 1520. The fraction of sp³-hybridized carbons (Fsp3) is 0.394. The maximum Gasteiger partial charge on any atom is 0.270 e. The molecule has 3 heterocycles. The van der Waals surface area contributed by atoms with Crippen LogP contribution in [0.4, 0.5) is 0 Å². The van der Waals surface area contributed by atoms with Crippen molar-refractivity contribution < 1.29 is 27.5 Å². The van der Waals surface area contributed by atoms with Crippen molar-refractivity contribution in [2.45, 2.75) is 44.0 Å². The SMILES string of the molecule is COc1ccc(CN2CCC(NC(=O)c3ccc(C(=O)N4CCC(C(=O)c5ccc(C[SH](=O)=O)cc5)CC4)cn3)CC2)cc1. The molecule has 0 bridgehead atoms. The number of thiol groups is 1. The van der Waals surface area contributed by atoms with Crippen molar-refractivity contribution in [2.24, 2.45) is 5.92 Å². The zero-order chi connectivity index (χ0) is 31.1. The third-order valence-electron chi connectivity index (χ3n) is 8.43. The molecular formula is C33H38N4O6S. The summed E-state index contributed by atoms with van der Waals surface area (Å²) in [6, 6.07) is 18.1. The highest BCUT2D eigenvalue weighted by atomic mass is 32.2. The summed E-state index contributed by atoms with van der Waals surface area (Å²) in [5, 5.41) is 3.09. The number of rotatable bonds is 10. The van der Waals surface area contributed by atoms with Crippen LogP contribution in [-0.4, -0.2) is 80.1 Å². The number of pyridine rings is 1. The lowest BCUT2D eigenvalue weighted by Gasteiger charge is -2.32. The molecule has 2 aliphatic rings. The molecule has 11 heteroatoms. The van der Waals surface area contributed by atoms with Gasteiger partial charge in [-0.2, -0.15) is 0 Å². The fourth-order valence-corrected chi connectivity index (χ4v) is 6.33. The minimum Gasteiger partial charge on any atom is -0.497 e. The summed E-state index contributed by atoms with van der Waals surface area (Å²) in [7, 11) is -0.856. The van der Waals surface area contributed by atoms with Crippen LogP contribution < -0.4 is 10.1 Å². The van der Waals surface area contributed by atoms with Crippen LogP contribution in [0.3, 0.4) is 0 Å². The van der Waals surface area contributed by atoms with E-state index in [0.29, 0.717) is 42.6 Å². The maximum atomic E-state index is 13.1. The highest BCUT2D eigenvalue weighted by Gasteiger charge is 2.29. The van der Waals surface area contributed by atoms with Crippen LogP contribution in [0.25, 0.3) is 0 Å².